The monoisotopic (exact) mass is 293 g/mol. The minimum atomic E-state index is -5.05. The largest absolute Gasteiger partial charge is 0.488 e. The molecule has 1 aromatic carbocycles. The topological polar surface area (TPSA) is 72.8 Å². The highest BCUT2D eigenvalue weighted by Gasteiger charge is 2.16. The number of nitrogens with zero attached hydrogens (tertiary/aromatic N) is 1. The van der Waals surface area contributed by atoms with Gasteiger partial charge in [-0.25, -0.2) is 4.21 Å². The van der Waals surface area contributed by atoms with Crippen LogP contribution in [0.3, 0.4) is 0 Å². The van der Waals surface area contributed by atoms with Gasteiger partial charge in [0.25, 0.3) is 0 Å². The molecular weight excluding hydrogens is 281 g/mol. The van der Waals surface area contributed by atoms with Gasteiger partial charge in [0.1, 0.15) is 5.75 Å². The number of halogens is 1. The minimum Gasteiger partial charge on any atom is -0.358 e. The van der Waals surface area contributed by atoms with Crippen molar-refractivity contribution in [3.63, 3.8) is 0 Å². The summed E-state index contributed by atoms with van der Waals surface area (Å²) < 4.78 is 53.4. The maximum absolute atomic E-state index is 12.3. The molecular formula is C10H12FNO4S2. The molecule has 0 N–H and O–H groups in total. The SMILES string of the molecule is O=S(=O)(F)Oc1cccc(N=S2(=O)CCCC2)c1. The third-order valence-electron chi connectivity index (χ3n) is 2.46. The van der Waals surface area contributed by atoms with Crippen LogP contribution in [0.1, 0.15) is 12.8 Å². The molecule has 1 aromatic rings. The van der Waals surface area contributed by atoms with Gasteiger partial charge in [-0.2, -0.15) is 12.8 Å². The number of hydrogen-bond acceptors (Lipinski definition) is 5. The summed E-state index contributed by atoms with van der Waals surface area (Å²) in [5.74, 6) is 0.902. The summed E-state index contributed by atoms with van der Waals surface area (Å²) in [5, 5.41) is 0. The first-order valence-corrected chi connectivity index (χ1v) is 8.49. The van der Waals surface area contributed by atoms with Gasteiger partial charge in [-0.05, 0) is 25.0 Å². The summed E-state index contributed by atoms with van der Waals surface area (Å²) in [7, 11) is -7.29. The Balaban J connectivity index is 2.31. The molecule has 1 heterocycles. The molecule has 1 saturated heterocycles. The molecule has 0 spiro atoms. The van der Waals surface area contributed by atoms with E-state index in [0.29, 0.717) is 17.2 Å². The Morgan fingerprint density at radius 2 is 1.94 bits per heavy atom. The zero-order valence-corrected chi connectivity index (χ0v) is 11.0. The number of hydrogen-bond donors (Lipinski definition) is 0. The molecule has 100 valence electrons. The highest BCUT2D eigenvalue weighted by atomic mass is 32.3. The highest BCUT2D eigenvalue weighted by Crippen LogP contribution is 2.25. The first-order valence-electron chi connectivity index (χ1n) is 5.33. The van der Waals surface area contributed by atoms with Crippen molar-refractivity contribution in [3.05, 3.63) is 24.3 Å². The van der Waals surface area contributed by atoms with Crippen molar-refractivity contribution in [3.8, 4) is 5.75 Å². The molecule has 5 nitrogen and oxygen atoms in total. The molecule has 18 heavy (non-hydrogen) atoms. The summed E-state index contributed by atoms with van der Waals surface area (Å²) >= 11 is 0. The molecule has 2 rings (SSSR count). The van der Waals surface area contributed by atoms with Gasteiger partial charge in [0.15, 0.2) is 0 Å². The predicted octanol–water partition coefficient (Wildman–Crippen LogP) is 2.17. The maximum atomic E-state index is 12.3. The van der Waals surface area contributed by atoms with Gasteiger partial charge in [0.05, 0.1) is 15.4 Å². The van der Waals surface area contributed by atoms with Crippen molar-refractivity contribution in [2.24, 2.45) is 4.36 Å². The maximum Gasteiger partial charge on any atom is 0.488 e. The van der Waals surface area contributed by atoms with Crippen LogP contribution in [-0.4, -0.2) is 24.1 Å². The summed E-state index contributed by atoms with van der Waals surface area (Å²) in [6, 6.07) is 5.58. The minimum absolute atomic E-state index is 0.181. The average molecular weight is 293 g/mol. The molecule has 8 heteroatoms. The van der Waals surface area contributed by atoms with Crippen LogP contribution in [0, 0.1) is 0 Å². The highest BCUT2D eigenvalue weighted by molar-refractivity contribution is 7.93. The van der Waals surface area contributed by atoms with Crippen LogP contribution in [0.15, 0.2) is 28.6 Å². The predicted molar refractivity (Wildman–Crippen MR) is 66.3 cm³/mol. The zero-order valence-electron chi connectivity index (χ0n) is 9.41. The van der Waals surface area contributed by atoms with E-state index in [0.717, 1.165) is 12.8 Å². The van der Waals surface area contributed by atoms with Crippen LogP contribution >= 0.6 is 0 Å². The molecule has 0 aromatic heterocycles. The molecule has 0 bridgehead atoms. The van der Waals surface area contributed by atoms with Crippen molar-refractivity contribution in [2.45, 2.75) is 12.8 Å². The zero-order chi connectivity index (χ0) is 13.2. The van der Waals surface area contributed by atoms with E-state index in [2.05, 4.69) is 8.55 Å². The molecule has 1 aliphatic heterocycles. The molecule has 0 aliphatic carbocycles. The van der Waals surface area contributed by atoms with Gasteiger partial charge in [0, 0.05) is 17.6 Å². The van der Waals surface area contributed by atoms with E-state index >= 15 is 0 Å². The van der Waals surface area contributed by atoms with Gasteiger partial charge < -0.3 is 4.18 Å². The Bertz CT molecular complexity index is 650. The molecule has 1 fully saturated rings. The standard InChI is InChI=1S/C10H12FNO4S2/c11-18(14,15)16-10-5-3-4-9(8-10)12-17(13)6-1-2-7-17/h3-5,8H,1-2,6-7H2. The van der Waals surface area contributed by atoms with Crippen LogP contribution < -0.4 is 4.18 Å². The Morgan fingerprint density at radius 1 is 1.28 bits per heavy atom. The fourth-order valence-electron chi connectivity index (χ4n) is 1.75. The summed E-state index contributed by atoms with van der Waals surface area (Å²) in [5.41, 5.74) is 0.336. The Hall–Kier alpha value is -1.15. The smallest absolute Gasteiger partial charge is 0.358 e. The van der Waals surface area contributed by atoms with Crippen molar-refractivity contribution in [1.29, 1.82) is 0 Å². The van der Waals surface area contributed by atoms with Crippen molar-refractivity contribution in [2.75, 3.05) is 11.5 Å². The first kappa shape index (κ1) is 13.3. The summed E-state index contributed by atoms with van der Waals surface area (Å²) in [6.45, 7) is 0. The fourth-order valence-corrected chi connectivity index (χ4v) is 4.28. The van der Waals surface area contributed by atoms with E-state index in [-0.39, 0.29) is 5.75 Å². The number of benzene rings is 1. The quantitative estimate of drug-likeness (QED) is 0.801. The second-order valence-corrected chi connectivity index (χ2v) is 7.45. The van der Waals surface area contributed by atoms with E-state index in [4.69, 9.17) is 0 Å². The van der Waals surface area contributed by atoms with E-state index < -0.39 is 20.2 Å². The van der Waals surface area contributed by atoms with Crippen LogP contribution in [0.25, 0.3) is 0 Å². The van der Waals surface area contributed by atoms with Crippen LogP contribution in [0.5, 0.6) is 5.75 Å². The summed E-state index contributed by atoms with van der Waals surface area (Å²) in [4.78, 5) is 0. The first-order chi connectivity index (χ1) is 8.36. The Morgan fingerprint density at radius 3 is 2.56 bits per heavy atom. The molecule has 0 unspecified atom stereocenters. The normalized spacial score (nSPS) is 18.5. The van der Waals surface area contributed by atoms with Gasteiger partial charge >= 0.3 is 10.5 Å². The van der Waals surface area contributed by atoms with Gasteiger partial charge in [-0.3, -0.25) is 0 Å². The average Bonchev–Trinajstić information content (AvgIpc) is 2.62. The van der Waals surface area contributed by atoms with E-state index in [9.17, 15) is 16.5 Å². The van der Waals surface area contributed by atoms with Crippen molar-refractivity contribution >= 4 is 25.9 Å². The third-order valence-corrected chi connectivity index (χ3v) is 5.25. The second-order valence-electron chi connectivity index (χ2n) is 3.95. The van der Waals surface area contributed by atoms with E-state index in [1.54, 1.807) is 6.07 Å². The molecule has 0 amide bonds. The van der Waals surface area contributed by atoms with Crippen LogP contribution in [0.4, 0.5) is 9.57 Å². The van der Waals surface area contributed by atoms with Crippen LogP contribution in [-0.2, 0) is 20.2 Å². The lowest BCUT2D eigenvalue weighted by Crippen LogP contribution is -2.01. The van der Waals surface area contributed by atoms with Gasteiger partial charge in [0.2, 0.25) is 0 Å². The number of rotatable bonds is 3. The Kier molecular flexibility index (Phi) is 3.58. The summed E-state index contributed by atoms with van der Waals surface area (Å²) in [6.07, 6.45) is 1.74. The van der Waals surface area contributed by atoms with Crippen molar-refractivity contribution < 1.29 is 20.7 Å². The van der Waals surface area contributed by atoms with Crippen LogP contribution in [0.2, 0.25) is 0 Å². The molecule has 0 saturated carbocycles. The van der Waals surface area contributed by atoms with Gasteiger partial charge in [-0.1, -0.05) is 9.95 Å². The lowest BCUT2D eigenvalue weighted by Gasteiger charge is -2.03. The molecule has 1 aliphatic rings. The fraction of sp³-hybridized carbons (Fsp3) is 0.400. The van der Waals surface area contributed by atoms with E-state index in [1.807, 2.05) is 0 Å². The lowest BCUT2D eigenvalue weighted by molar-refractivity contribution is 0.440. The Labute approximate surface area is 106 Å². The van der Waals surface area contributed by atoms with Crippen molar-refractivity contribution in [1.82, 2.24) is 0 Å². The third kappa shape index (κ3) is 3.67. The second kappa shape index (κ2) is 4.85. The lowest BCUT2D eigenvalue weighted by atomic mass is 10.3. The van der Waals surface area contributed by atoms with Gasteiger partial charge in [-0.15, -0.1) is 0 Å². The van der Waals surface area contributed by atoms with E-state index in [1.165, 1.54) is 18.2 Å². The molecule has 0 radical (unpaired) electrons. The molecule has 0 atom stereocenters.